The number of rotatable bonds is 2. The smallest absolute Gasteiger partial charge is 0.252 e. The molecule has 0 saturated carbocycles. The minimum atomic E-state index is -0.392. The second-order valence-electron chi connectivity index (χ2n) is 6.48. The van der Waals surface area contributed by atoms with Gasteiger partial charge in [-0.3, -0.25) is 4.79 Å². The number of carbonyl (C=O) groups is 1. The quantitative estimate of drug-likeness (QED) is 0.841. The van der Waals surface area contributed by atoms with Gasteiger partial charge in [-0.2, -0.15) is 0 Å². The highest BCUT2D eigenvalue weighted by molar-refractivity contribution is 5.99. The third-order valence-corrected chi connectivity index (χ3v) is 5.00. The van der Waals surface area contributed by atoms with Crippen LogP contribution in [0.2, 0.25) is 0 Å². The Labute approximate surface area is 119 Å². The molecule has 2 aliphatic rings. The van der Waals surface area contributed by atoms with Crippen LogP contribution in [-0.2, 0) is 0 Å². The zero-order valence-electron chi connectivity index (χ0n) is 12.3. The monoisotopic (exact) mass is 274 g/mol. The number of nitrogens with zero attached hydrogens (tertiary/aromatic N) is 2. The fraction of sp³-hybridized carbons (Fsp3) is 0.600. The Hall–Kier alpha value is -1.62. The van der Waals surface area contributed by atoms with Gasteiger partial charge in [0.2, 0.25) is 0 Å². The Kier molecular flexibility index (Phi) is 2.97. The Morgan fingerprint density at radius 2 is 2.25 bits per heavy atom. The van der Waals surface area contributed by atoms with E-state index in [4.69, 9.17) is 5.73 Å². The molecule has 108 valence electrons. The van der Waals surface area contributed by atoms with Crippen molar-refractivity contribution in [2.45, 2.75) is 26.3 Å². The number of fused-ring (bicyclic) bond motifs is 1. The van der Waals surface area contributed by atoms with Gasteiger partial charge in [0.15, 0.2) is 0 Å². The lowest BCUT2D eigenvalue weighted by Crippen LogP contribution is -2.45. The summed E-state index contributed by atoms with van der Waals surface area (Å²) in [4.78, 5) is 18.5. The number of nitrogens with one attached hydrogen (secondary N) is 1. The third kappa shape index (κ3) is 1.80. The molecule has 0 bridgehead atoms. The highest BCUT2D eigenvalue weighted by atomic mass is 16.1. The fourth-order valence-electron chi connectivity index (χ4n) is 3.83. The van der Waals surface area contributed by atoms with E-state index in [9.17, 15) is 4.79 Å². The van der Waals surface area contributed by atoms with Crippen molar-refractivity contribution in [3.05, 3.63) is 23.4 Å². The summed E-state index contributed by atoms with van der Waals surface area (Å²) in [5, 5.41) is 3.46. The van der Waals surface area contributed by atoms with E-state index in [1.807, 2.05) is 13.0 Å². The molecule has 3 N–H and O–H groups in total. The van der Waals surface area contributed by atoms with Crippen LogP contribution in [0, 0.1) is 18.8 Å². The normalized spacial score (nSPS) is 27.6. The number of anilines is 1. The Balaban J connectivity index is 2.06. The van der Waals surface area contributed by atoms with Crippen LogP contribution >= 0.6 is 0 Å². The average molecular weight is 274 g/mol. The van der Waals surface area contributed by atoms with E-state index in [1.54, 1.807) is 6.20 Å². The first kappa shape index (κ1) is 13.4. The summed E-state index contributed by atoms with van der Waals surface area (Å²) in [6.07, 6.45) is 1.76. The van der Waals surface area contributed by atoms with Crippen molar-refractivity contribution in [2.24, 2.45) is 17.6 Å². The largest absolute Gasteiger partial charge is 0.365 e. The standard InChI is InChI=1S/C15H22N4O/c1-9-4-5-18-14(12(9)13(16)20)19-8-10-6-17-7-11(10)15(19,2)3/h4-5,10-11,17H,6-8H2,1-3H3,(H2,16,20). The van der Waals surface area contributed by atoms with E-state index < -0.39 is 5.91 Å². The van der Waals surface area contributed by atoms with Crippen LogP contribution in [0.4, 0.5) is 5.82 Å². The zero-order chi connectivity index (χ0) is 14.5. The van der Waals surface area contributed by atoms with E-state index in [0.717, 1.165) is 31.0 Å². The summed E-state index contributed by atoms with van der Waals surface area (Å²) in [5.74, 6) is 1.56. The molecule has 0 radical (unpaired) electrons. The molecular weight excluding hydrogens is 252 g/mol. The van der Waals surface area contributed by atoms with Crippen LogP contribution < -0.4 is 16.0 Å². The van der Waals surface area contributed by atoms with Gasteiger partial charge in [-0.1, -0.05) is 0 Å². The molecule has 0 aromatic carbocycles. The van der Waals surface area contributed by atoms with Gasteiger partial charge in [0.1, 0.15) is 5.82 Å². The van der Waals surface area contributed by atoms with Gasteiger partial charge in [0.05, 0.1) is 5.56 Å². The summed E-state index contributed by atoms with van der Waals surface area (Å²) in [7, 11) is 0. The van der Waals surface area contributed by atoms with Crippen molar-refractivity contribution in [3.8, 4) is 0 Å². The maximum absolute atomic E-state index is 11.8. The van der Waals surface area contributed by atoms with Gasteiger partial charge in [0, 0.05) is 31.4 Å². The first-order valence-corrected chi connectivity index (χ1v) is 7.16. The Morgan fingerprint density at radius 1 is 1.50 bits per heavy atom. The van der Waals surface area contributed by atoms with E-state index >= 15 is 0 Å². The molecule has 20 heavy (non-hydrogen) atoms. The van der Waals surface area contributed by atoms with Crippen LogP contribution in [-0.4, -0.2) is 36.1 Å². The molecule has 2 fully saturated rings. The molecule has 0 aliphatic carbocycles. The van der Waals surface area contributed by atoms with Crippen molar-refractivity contribution in [1.82, 2.24) is 10.3 Å². The Morgan fingerprint density at radius 3 is 2.90 bits per heavy atom. The molecule has 2 atom stereocenters. The summed E-state index contributed by atoms with van der Waals surface area (Å²) in [5.41, 5.74) is 7.01. The van der Waals surface area contributed by atoms with Gasteiger partial charge >= 0.3 is 0 Å². The number of pyridine rings is 1. The van der Waals surface area contributed by atoms with Gasteiger partial charge in [-0.25, -0.2) is 4.98 Å². The van der Waals surface area contributed by atoms with E-state index in [1.165, 1.54) is 0 Å². The third-order valence-electron chi connectivity index (χ3n) is 5.00. The molecule has 1 aromatic heterocycles. The minimum absolute atomic E-state index is 0.0147. The van der Waals surface area contributed by atoms with Crippen molar-refractivity contribution >= 4 is 11.7 Å². The van der Waals surface area contributed by atoms with Crippen molar-refractivity contribution in [1.29, 1.82) is 0 Å². The van der Waals surface area contributed by atoms with E-state index in [0.29, 0.717) is 17.4 Å². The van der Waals surface area contributed by atoms with Gasteiger partial charge in [0.25, 0.3) is 5.91 Å². The van der Waals surface area contributed by atoms with Crippen LogP contribution in [0.1, 0.15) is 29.8 Å². The number of amides is 1. The molecule has 5 nitrogen and oxygen atoms in total. The van der Waals surface area contributed by atoms with Crippen LogP contribution in [0.3, 0.4) is 0 Å². The zero-order valence-corrected chi connectivity index (χ0v) is 12.3. The molecule has 1 aromatic rings. The van der Waals surface area contributed by atoms with Crippen molar-refractivity contribution < 1.29 is 4.79 Å². The predicted molar refractivity (Wildman–Crippen MR) is 78.8 cm³/mol. The first-order chi connectivity index (χ1) is 9.43. The number of primary amides is 1. The van der Waals surface area contributed by atoms with E-state index in [2.05, 4.69) is 29.0 Å². The second-order valence-corrected chi connectivity index (χ2v) is 6.48. The average Bonchev–Trinajstić information content (AvgIpc) is 2.91. The second kappa shape index (κ2) is 4.45. The minimum Gasteiger partial charge on any atom is -0.365 e. The number of hydrogen-bond acceptors (Lipinski definition) is 4. The lowest BCUT2D eigenvalue weighted by atomic mass is 9.84. The molecule has 1 amide bonds. The van der Waals surface area contributed by atoms with Crippen molar-refractivity contribution in [2.75, 3.05) is 24.5 Å². The molecule has 2 unspecified atom stereocenters. The highest BCUT2D eigenvalue weighted by Crippen LogP contribution is 2.43. The highest BCUT2D eigenvalue weighted by Gasteiger charge is 2.50. The van der Waals surface area contributed by atoms with Gasteiger partial charge < -0.3 is 16.0 Å². The molecule has 3 heterocycles. The maximum Gasteiger partial charge on any atom is 0.252 e. The summed E-state index contributed by atoms with van der Waals surface area (Å²) >= 11 is 0. The lowest BCUT2D eigenvalue weighted by molar-refractivity contribution is 0.0999. The summed E-state index contributed by atoms with van der Waals surface area (Å²) < 4.78 is 0. The van der Waals surface area contributed by atoms with Crippen molar-refractivity contribution in [3.63, 3.8) is 0 Å². The first-order valence-electron chi connectivity index (χ1n) is 7.16. The molecule has 0 spiro atoms. The SMILES string of the molecule is Cc1ccnc(N2CC3CNCC3C2(C)C)c1C(N)=O. The fourth-order valence-corrected chi connectivity index (χ4v) is 3.83. The lowest BCUT2D eigenvalue weighted by Gasteiger charge is -2.37. The number of aromatic nitrogens is 1. The Bertz CT molecular complexity index is 555. The topological polar surface area (TPSA) is 71.2 Å². The maximum atomic E-state index is 11.8. The number of aryl methyl sites for hydroxylation is 1. The molecule has 2 aliphatic heterocycles. The van der Waals surface area contributed by atoms with Crippen LogP contribution in [0.15, 0.2) is 12.3 Å². The van der Waals surface area contributed by atoms with Gasteiger partial charge in [-0.15, -0.1) is 0 Å². The molecule has 5 heteroatoms. The number of hydrogen-bond donors (Lipinski definition) is 2. The number of carbonyl (C=O) groups excluding carboxylic acids is 1. The summed E-state index contributed by atoms with van der Waals surface area (Å²) in [6, 6.07) is 1.84. The van der Waals surface area contributed by atoms with E-state index in [-0.39, 0.29) is 5.54 Å². The molecule has 3 rings (SSSR count). The van der Waals surface area contributed by atoms with Gasteiger partial charge in [-0.05, 0) is 44.2 Å². The van der Waals surface area contributed by atoms with Crippen LogP contribution in [0.5, 0.6) is 0 Å². The number of nitrogens with two attached hydrogens (primary N) is 1. The predicted octanol–water partition coefficient (Wildman–Crippen LogP) is 0.923. The van der Waals surface area contributed by atoms with Crippen LogP contribution in [0.25, 0.3) is 0 Å². The molecule has 2 saturated heterocycles. The summed E-state index contributed by atoms with van der Waals surface area (Å²) in [6.45, 7) is 9.39. The molecular formula is C15H22N4O.